The summed E-state index contributed by atoms with van der Waals surface area (Å²) >= 11 is -1.82. The van der Waals surface area contributed by atoms with Crippen molar-refractivity contribution in [3.63, 3.8) is 0 Å². The van der Waals surface area contributed by atoms with Crippen LogP contribution >= 0.6 is 0 Å². The Morgan fingerprint density at radius 1 is 1.27 bits per heavy atom. The summed E-state index contributed by atoms with van der Waals surface area (Å²) in [5.41, 5.74) is -1.23. The third-order valence-electron chi connectivity index (χ3n) is 1.49. The molecule has 0 atom stereocenters. The van der Waals surface area contributed by atoms with Gasteiger partial charge < -0.3 is 0 Å². The summed E-state index contributed by atoms with van der Waals surface area (Å²) in [5.74, 6) is 0. The first kappa shape index (κ1) is 9.02. The maximum atomic E-state index is 12.2. The van der Waals surface area contributed by atoms with Crippen LogP contribution in [-0.2, 0) is 19.7 Å². The van der Waals surface area contributed by atoms with Crippen molar-refractivity contribution >= 4 is 11.4 Å². The number of halogens is 2. The Bertz CT molecular complexity index is 148. The molecule has 0 bridgehead atoms. The second-order valence-corrected chi connectivity index (χ2v) is 3.38. The molecule has 66 valence electrons. The third kappa shape index (κ3) is 1.94. The van der Waals surface area contributed by atoms with Crippen LogP contribution in [0.4, 0.5) is 8.78 Å². The molecule has 0 aromatic rings. The van der Waals surface area contributed by atoms with Crippen LogP contribution in [0, 0.1) is 5.41 Å². The highest BCUT2D eigenvalue weighted by molar-refractivity contribution is 7.75. The predicted octanol–water partition coefficient (Wildman–Crippen LogP) is 0.537. The standard InChI is InChI=1S/C5H8F2O3S/c6-1-5(2-7)3-9-11(8)10-4-5/h1-4H2. The third-order valence-corrected chi connectivity index (χ3v) is 2.11. The lowest BCUT2D eigenvalue weighted by molar-refractivity contribution is 0.00216. The van der Waals surface area contributed by atoms with Gasteiger partial charge in [-0.05, 0) is 0 Å². The van der Waals surface area contributed by atoms with E-state index in [1.54, 1.807) is 0 Å². The van der Waals surface area contributed by atoms with Crippen molar-refractivity contribution in [3.05, 3.63) is 0 Å². The van der Waals surface area contributed by atoms with Gasteiger partial charge in [0.1, 0.15) is 13.3 Å². The Morgan fingerprint density at radius 2 is 1.73 bits per heavy atom. The largest absolute Gasteiger partial charge is 0.304 e. The molecule has 6 heteroatoms. The Labute approximate surface area is 65.5 Å². The van der Waals surface area contributed by atoms with Gasteiger partial charge >= 0.3 is 11.4 Å². The summed E-state index contributed by atoms with van der Waals surface area (Å²) in [4.78, 5) is 0. The second-order valence-electron chi connectivity index (χ2n) is 2.50. The van der Waals surface area contributed by atoms with E-state index in [2.05, 4.69) is 8.37 Å². The minimum atomic E-state index is -1.82. The smallest absolute Gasteiger partial charge is 0.268 e. The van der Waals surface area contributed by atoms with Crippen LogP contribution in [0.5, 0.6) is 0 Å². The summed E-state index contributed by atoms with van der Waals surface area (Å²) in [7, 11) is 0. The van der Waals surface area contributed by atoms with Crippen molar-refractivity contribution in [3.8, 4) is 0 Å². The van der Waals surface area contributed by atoms with Crippen LogP contribution in [0.1, 0.15) is 0 Å². The van der Waals surface area contributed by atoms with Crippen LogP contribution in [-0.4, -0.2) is 30.8 Å². The predicted molar refractivity (Wildman–Crippen MR) is 34.4 cm³/mol. The van der Waals surface area contributed by atoms with E-state index >= 15 is 0 Å². The van der Waals surface area contributed by atoms with Crippen molar-refractivity contribution in [2.24, 2.45) is 5.41 Å². The lowest BCUT2D eigenvalue weighted by atomic mass is 9.94. The van der Waals surface area contributed by atoms with E-state index in [4.69, 9.17) is 0 Å². The van der Waals surface area contributed by atoms with Gasteiger partial charge in [0.05, 0.1) is 18.6 Å². The van der Waals surface area contributed by atoms with Crippen molar-refractivity contribution in [1.82, 2.24) is 0 Å². The van der Waals surface area contributed by atoms with Crippen molar-refractivity contribution in [2.75, 3.05) is 26.6 Å². The van der Waals surface area contributed by atoms with E-state index in [-0.39, 0.29) is 13.2 Å². The van der Waals surface area contributed by atoms with Gasteiger partial charge in [0.2, 0.25) is 0 Å². The monoisotopic (exact) mass is 186 g/mol. The molecule has 0 aliphatic carbocycles. The number of alkyl halides is 2. The zero-order valence-corrected chi connectivity index (χ0v) is 6.53. The molecule has 1 aliphatic heterocycles. The summed E-state index contributed by atoms with van der Waals surface area (Å²) in [6.07, 6.45) is 0. The maximum Gasteiger partial charge on any atom is 0.304 e. The first-order chi connectivity index (χ1) is 5.22. The minimum absolute atomic E-state index is 0.188. The van der Waals surface area contributed by atoms with Crippen molar-refractivity contribution < 1.29 is 21.4 Å². The fraction of sp³-hybridized carbons (Fsp3) is 1.00. The van der Waals surface area contributed by atoms with Gasteiger partial charge in [-0.25, -0.2) is 0 Å². The number of rotatable bonds is 2. The van der Waals surface area contributed by atoms with Crippen LogP contribution in [0.15, 0.2) is 0 Å². The fourth-order valence-electron chi connectivity index (χ4n) is 0.612. The maximum absolute atomic E-state index is 12.2. The highest BCUT2D eigenvalue weighted by Crippen LogP contribution is 2.25. The molecule has 0 amide bonds. The SMILES string of the molecule is O=S1OCC(CF)(CF)CO1. The zero-order valence-electron chi connectivity index (χ0n) is 5.72. The first-order valence-electron chi connectivity index (χ1n) is 3.03. The molecule has 11 heavy (non-hydrogen) atoms. The Balaban J connectivity index is 2.52. The van der Waals surface area contributed by atoms with Gasteiger partial charge in [-0.1, -0.05) is 0 Å². The van der Waals surface area contributed by atoms with Gasteiger partial charge in [-0.2, -0.15) is 4.21 Å². The summed E-state index contributed by atoms with van der Waals surface area (Å²) in [6.45, 7) is -2.10. The number of hydrogen-bond acceptors (Lipinski definition) is 3. The van der Waals surface area contributed by atoms with Gasteiger partial charge in [0.15, 0.2) is 0 Å². The molecule has 3 nitrogen and oxygen atoms in total. The molecule has 0 saturated carbocycles. The van der Waals surface area contributed by atoms with E-state index in [0.29, 0.717) is 0 Å². The zero-order chi connectivity index (χ0) is 8.32. The number of hydrogen-bond donors (Lipinski definition) is 0. The van der Waals surface area contributed by atoms with Crippen molar-refractivity contribution in [2.45, 2.75) is 0 Å². The van der Waals surface area contributed by atoms with E-state index in [1.165, 1.54) is 0 Å². The average molecular weight is 186 g/mol. The van der Waals surface area contributed by atoms with E-state index < -0.39 is 30.1 Å². The summed E-state index contributed by atoms with van der Waals surface area (Å²) in [5, 5.41) is 0. The van der Waals surface area contributed by atoms with Gasteiger partial charge in [-0.15, -0.1) is 0 Å². The van der Waals surface area contributed by atoms with Gasteiger partial charge in [0, 0.05) is 0 Å². The van der Waals surface area contributed by atoms with E-state index in [0.717, 1.165) is 0 Å². The highest BCUT2D eigenvalue weighted by atomic mass is 32.2. The molecule has 0 aromatic carbocycles. The first-order valence-corrected chi connectivity index (χ1v) is 4.03. The van der Waals surface area contributed by atoms with Crippen LogP contribution in [0.3, 0.4) is 0 Å². The summed E-state index contributed by atoms with van der Waals surface area (Å²) in [6, 6.07) is 0. The lowest BCUT2D eigenvalue weighted by Gasteiger charge is -2.29. The Kier molecular flexibility index (Phi) is 2.91. The fourth-order valence-corrected chi connectivity index (χ4v) is 1.37. The quantitative estimate of drug-likeness (QED) is 0.631. The molecule has 0 unspecified atom stereocenters. The topological polar surface area (TPSA) is 35.5 Å². The molecule has 0 aromatic heterocycles. The molecule has 1 saturated heterocycles. The van der Waals surface area contributed by atoms with E-state index in [9.17, 15) is 13.0 Å². The minimum Gasteiger partial charge on any atom is -0.268 e. The molecule has 1 heterocycles. The molecule has 1 fully saturated rings. The lowest BCUT2D eigenvalue weighted by Crippen LogP contribution is -2.41. The Morgan fingerprint density at radius 3 is 2.09 bits per heavy atom. The van der Waals surface area contributed by atoms with Crippen molar-refractivity contribution in [1.29, 1.82) is 0 Å². The molecule has 1 aliphatic rings. The summed E-state index contributed by atoms with van der Waals surface area (Å²) < 4.78 is 43.6. The van der Waals surface area contributed by atoms with Crippen LogP contribution in [0.25, 0.3) is 0 Å². The van der Waals surface area contributed by atoms with Gasteiger partial charge in [-0.3, -0.25) is 17.1 Å². The highest BCUT2D eigenvalue weighted by Gasteiger charge is 2.37. The molecule has 0 spiro atoms. The van der Waals surface area contributed by atoms with Crippen LogP contribution < -0.4 is 0 Å². The molecule has 0 radical (unpaired) electrons. The Hall–Kier alpha value is -0.0700. The molecule has 0 N–H and O–H groups in total. The molecular weight excluding hydrogens is 178 g/mol. The second kappa shape index (κ2) is 3.55. The van der Waals surface area contributed by atoms with E-state index in [1.807, 2.05) is 0 Å². The average Bonchev–Trinajstić information content (AvgIpc) is 2.07. The molecular formula is C5H8F2O3S. The normalized spacial score (nSPS) is 25.3. The van der Waals surface area contributed by atoms with Crippen LogP contribution in [0.2, 0.25) is 0 Å². The molecule has 1 rings (SSSR count). The van der Waals surface area contributed by atoms with Gasteiger partial charge in [0.25, 0.3) is 0 Å².